The van der Waals surface area contributed by atoms with Crippen LogP contribution in [-0.2, 0) is 32.7 Å². The molecular weight excluding hydrogens is 285 g/mol. The van der Waals surface area contributed by atoms with Crippen molar-refractivity contribution in [2.24, 2.45) is 10.8 Å². The minimum atomic E-state index is -0.0235. The van der Waals surface area contributed by atoms with Gasteiger partial charge < -0.3 is 22.1 Å². The van der Waals surface area contributed by atoms with Crippen molar-refractivity contribution in [2.75, 3.05) is 0 Å². The van der Waals surface area contributed by atoms with Crippen LogP contribution in [0.15, 0.2) is 12.4 Å². The van der Waals surface area contributed by atoms with Gasteiger partial charge in [-0.1, -0.05) is 41.5 Å². The van der Waals surface area contributed by atoms with Crippen molar-refractivity contribution in [2.45, 2.75) is 41.5 Å². The van der Waals surface area contributed by atoms with Crippen LogP contribution < -0.4 is 10.7 Å². The van der Waals surface area contributed by atoms with E-state index in [1.165, 1.54) is 0 Å². The molecule has 1 aromatic rings. The smallest absolute Gasteiger partial charge is 0.0188 e. The normalized spacial score (nSPS) is 14.7. The Bertz CT molecular complexity index is 419. The molecule has 91 valence electrons. The van der Waals surface area contributed by atoms with Crippen molar-refractivity contribution >= 4 is 12.2 Å². The third-order valence-electron chi connectivity index (χ3n) is 1.69. The summed E-state index contributed by atoms with van der Waals surface area (Å²) in [6, 6.07) is 0. The summed E-state index contributed by atoms with van der Waals surface area (Å²) in [6.07, 6.45) is 10.1. The van der Waals surface area contributed by atoms with Crippen molar-refractivity contribution in [1.82, 2.24) is 9.97 Å². The topological polar surface area (TPSA) is 25.8 Å². The second kappa shape index (κ2) is 6.20. The van der Waals surface area contributed by atoms with Crippen molar-refractivity contribution in [3.8, 4) is 0 Å². The number of rotatable bonds is 0. The van der Waals surface area contributed by atoms with Gasteiger partial charge in [0.1, 0.15) is 0 Å². The molecule has 0 bridgehead atoms. The molecule has 1 heterocycles. The standard InChI is InChI=1S/C14H20N2.Y/c1-13(2,3)9-11-12(10-14(4,5)6)16-8-7-15-11;/h7-8H,1-6H3;/q-2;. The molecule has 0 aromatic carbocycles. The molecule has 0 spiro atoms. The average molecular weight is 305 g/mol. The zero-order valence-corrected chi connectivity index (χ0v) is 14.5. The summed E-state index contributed by atoms with van der Waals surface area (Å²) < 4.78 is 0. The zero-order chi connectivity index (χ0) is 12.4. The molecule has 0 saturated carbocycles. The molecule has 1 aromatic heterocycles. The Morgan fingerprint density at radius 2 is 1.06 bits per heavy atom. The van der Waals surface area contributed by atoms with Crippen LogP contribution >= 0.6 is 0 Å². The molecule has 0 atom stereocenters. The number of nitrogens with zero attached hydrogens (tertiary/aromatic N) is 2. The molecule has 17 heavy (non-hydrogen) atoms. The zero-order valence-electron chi connectivity index (χ0n) is 11.6. The van der Waals surface area contributed by atoms with Gasteiger partial charge in [0.15, 0.2) is 0 Å². The van der Waals surface area contributed by atoms with Crippen LogP contribution in [0.4, 0.5) is 0 Å². The van der Waals surface area contributed by atoms with Crippen LogP contribution in [0.3, 0.4) is 0 Å². The maximum absolute atomic E-state index is 4.31. The Kier molecular flexibility index (Phi) is 6.17. The summed E-state index contributed by atoms with van der Waals surface area (Å²) in [5.41, 5.74) is -0.0469. The summed E-state index contributed by atoms with van der Waals surface area (Å²) >= 11 is 0. The van der Waals surface area contributed by atoms with Gasteiger partial charge in [0.05, 0.1) is 0 Å². The first-order chi connectivity index (χ1) is 7.17. The molecule has 3 heteroatoms. The Balaban J connectivity index is 0.00000256. The van der Waals surface area contributed by atoms with E-state index >= 15 is 0 Å². The van der Waals surface area contributed by atoms with Crippen LogP contribution in [0.2, 0.25) is 0 Å². The Hall–Kier alpha value is -0.0761. The maximum atomic E-state index is 4.31. The van der Waals surface area contributed by atoms with Gasteiger partial charge in [0, 0.05) is 45.1 Å². The molecule has 0 aliphatic rings. The van der Waals surface area contributed by atoms with Gasteiger partial charge in [0.25, 0.3) is 0 Å². The molecular formula is C14H20N2Y-2. The van der Waals surface area contributed by atoms with Crippen molar-refractivity contribution < 1.29 is 32.7 Å². The largest absolute Gasteiger partial charge is 0.386 e. The number of hydrogen-bond donors (Lipinski definition) is 0. The molecule has 1 radical (unpaired) electrons. The van der Waals surface area contributed by atoms with Gasteiger partial charge in [-0.25, -0.2) is 10.7 Å². The van der Waals surface area contributed by atoms with Crippen LogP contribution in [0.5, 0.6) is 0 Å². The summed E-state index contributed by atoms with van der Waals surface area (Å²) in [5, 5.41) is 1.59. The predicted molar refractivity (Wildman–Crippen MR) is 67.0 cm³/mol. The van der Waals surface area contributed by atoms with E-state index in [4.69, 9.17) is 0 Å². The van der Waals surface area contributed by atoms with E-state index in [9.17, 15) is 0 Å². The first kappa shape index (κ1) is 16.9. The average Bonchev–Trinajstić information content (AvgIpc) is 2.03. The first-order valence-electron chi connectivity index (χ1n) is 5.55. The monoisotopic (exact) mass is 305 g/mol. The number of hydrogen-bond acceptors (Lipinski definition) is 2. The maximum Gasteiger partial charge on any atom is 0.0188 e. The van der Waals surface area contributed by atoms with E-state index in [0.29, 0.717) is 0 Å². The molecule has 1 rings (SSSR count). The molecule has 0 amide bonds. The van der Waals surface area contributed by atoms with Gasteiger partial charge in [0.2, 0.25) is 0 Å². The van der Waals surface area contributed by atoms with Crippen molar-refractivity contribution in [3.63, 3.8) is 0 Å². The first-order valence-corrected chi connectivity index (χ1v) is 5.55. The Labute approximate surface area is 130 Å². The van der Waals surface area contributed by atoms with Gasteiger partial charge in [-0.05, 0) is 0 Å². The summed E-state index contributed by atoms with van der Waals surface area (Å²) in [7, 11) is 0. The van der Waals surface area contributed by atoms with Gasteiger partial charge in [-0.15, -0.1) is 10.8 Å². The molecule has 0 unspecified atom stereocenters. The fraction of sp³-hybridized carbons (Fsp3) is 0.571. The Morgan fingerprint density at radius 3 is 1.29 bits per heavy atom. The minimum Gasteiger partial charge on any atom is -0.386 e. The summed E-state index contributed by atoms with van der Waals surface area (Å²) in [6.45, 7) is 12.6. The van der Waals surface area contributed by atoms with E-state index < -0.39 is 0 Å². The third kappa shape index (κ3) is 7.05. The van der Waals surface area contributed by atoms with E-state index in [0.717, 1.165) is 10.7 Å². The van der Waals surface area contributed by atoms with Crippen LogP contribution in [0.25, 0.3) is 12.2 Å². The summed E-state index contributed by atoms with van der Waals surface area (Å²) in [4.78, 5) is 8.62. The fourth-order valence-electron chi connectivity index (χ4n) is 1.23. The number of aromatic nitrogens is 2. The van der Waals surface area contributed by atoms with E-state index in [1.54, 1.807) is 12.4 Å². The van der Waals surface area contributed by atoms with E-state index in [2.05, 4.69) is 63.7 Å². The van der Waals surface area contributed by atoms with Gasteiger partial charge in [-0.3, -0.25) is 0 Å². The molecule has 0 N–H and O–H groups in total. The molecule has 0 saturated heterocycles. The van der Waals surface area contributed by atoms with Gasteiger partial charge in [-0.2, -0.15) is 0 Å². The van der Waals surface area contributed by atoms with Crippen molar-refractivity contribution in [1.29, 1.82) is 0 Å². The van der Waals surface area contributed by atoms with Crippen LogP contribution in [0, 0.1) is 10.8 Å². The van der Waals surface area contributed by atoms with Crippen LogP contribution in [-0.4, -0.2) is 9.97 Å². The molecule has 2 nitrogen and oxygen atoms in total. The SMILES string of the molecule is CC(C)(C)[C-]=c1nccnc1=[C-]C(C)(C)C.[Y]. The molecule has 0 fully saturated rings. The van der Waals surface area contributed by atoms with Gasteiger partial charge >= 0.3 is 0 Å². The Morgan fingerprint density at radius 1 is 0.765 bits per heavy atom. The quantitative estimate of drug-likeness (QED) is 0.684. The van der Waals surface area contributed by atoms with Crippen LogP contribution in [0.1, 0.15) is 41.5 Å². The van der Waals surface area contributed by atoms with Crippen molar-refractivity contribution in [3.05, 3.63) is 23.1 Å². The second-order valence-electron chi connectivity index (χ2n) is 6.00. The van der Waals surface area contributed by atoms with E-state index in [-0.39, 0.29) is 43.5 Å². The molecule has 0 aliphatic heterocycles. The van der Waals surface area contributed by atoms with E-state index in [1.807, 2.05) is 0 Å². The third-order valence-corrected chi connectivity index (χ3v) is 1.69. The molecule has 0 aliphatic carbocycles. The summed E-state index contributed by atoms with van der Waals surface area (Å²) in [5.74, 6) is 0. The fourth-order valence-corrected chi connectivity index (χ4v) is 1.23. The minimum absolute atomic E-state index is 0. The second-order valence-corrected chi connectivity index (χ2v) is 6.00. The predicted octanol–water partition coefficient (Wildman–Crippen LogP) is 1.88.